The summed E-state index contributed by atoms with van der Waals surface area (Å²) in [6.07, 6.45) is 2.83. The number of hydrogen-bond donors (Lipinski definition) is 1. The molecule has 0 aliphatic heterocycles. The Morgan fingerprint density at radius 2 is 2.11 bits per heavy atom. The van der Waals surface area contributed by atoms with Crippen molar-refractivity contribution in [2.24, 2.45) is 0 Å². The fourth-order valence-corrected chi connectivity index (χ4v) is 0.834. The molecule has 0 aromatic carbocycles. The van der Waals surface area contributed by atoms with E-state index in [-0.39, 0.29) is 0 Å². The molecule has 0 saturated heterocycles. The van der Waals surface area contributed by atoms with Gasteiger partial charge in [0, 0.05) is 0 Å². The highest BCUT2D eigenvalue weighted by Gasteiger charge is 2.41. The highest BCUT2D eigenvalue weighted by molar-refractivity contribution is 6.29. The van der Waals surface area contributed by atoms with Crippen LogP contribution < -0.4 is 0 Å². The number of carbonyl (C=O) groups is 1. The zero-order chi connectivity index (χ0) is 6.91. The van der Waals surface area contributed by atoms with Gasteiger partial charge in [0.15, 0.2) is 0 Å². The molecule has 3 nitrogen and oxygen atoms in total. The maximum absolute atomic E-state index is 10.4. The van der Waals surface area contributed by atoms with E-state index in [0.717, 1.165) is 6.42 Å². The molecular weight excluding hydrogens is 120 g/mol. The fraction of sp³-hybridized carbons (Fsp3) is 0.667. The van der Waals surface area contributed by atoms with Gasteiger partial charge in [-0.2, -0.15) is 0 Å². The van der Waals surface area contributed by atoms with Crippen molar-refractivity contribution in [1.29, 1.82) is 0 Å². The number of aliphatic hydroxyl groups is 1. The summed E-state index contributed by atoms with van der Waals surface area (Å²) in [6.45, 7) is 0. The first-order chi connectivity index (χ1) is 4.19. The van der Waals surface area contributed by atoms with Crippen molar-refractivity contribution in [3.8, 4) is 0 Å². The third-order valence-electron chi connectivity index (χ3n) is 1.70. The van der Waals surface area contributed by atoms with Crippen LogP contribution in [0.15, 0.2) is 0 Å². The molecule has 0 amide bonds. The van der Waals surface area contributed by atoms with Crippen molar-refractivity contribution in [1.82, 2.24) is 0 Å². The van der Waals surface area contributed by atoms with Gasteiger partial charge >= 0.3 is 0 Å². The van der Waals surface area contributed by atoms with E-state index >= 15 is 0 Å². The maximum atomic E-state index is 10.4. The van der Waals surface area contributed by atoms with Crippen LogP contribution >= 0.6 is 0 Å². The molecule has 0 aromatic heterocycles. The smallest absolute Gasteiger partial charge is 0.275 e. The highest BCUT2D eigenvalue weighted by Crippen LogP contribution is 2.31. The van der Waals surface area contributed by atoms with Gasteiger partial charge < -0.3 is 5.11 Å². The van der Waals surface area contributed by atoms with Crippen LogP contribution in [0.4, 0.5) is 0 Å². The normalized spacial score (nSPS) is 22.3. The van der Waals surface area contributed by atoms with Gasteiger partial charge in [0.2, 0.25) is 5.78 Å². The molecule has 1 N–H and O–H groups in total. The van der Waals surface area contributed by atoms with Gasteiger partial charge in [0.25, 0.3) is 6.29 Å². The number of rotatable bonds is 2. The zero-order valence-corrected chi connectivity index (χ0v) is 4.89. The SMILES string of the molecule is O=[C]C(=O)C1(O)CCC1. The predicted octanol–water partition coefficient (Wildman–Crippen LogP) is -0.420. The third-order valence-corrected chi connectivity index (χ3v) is 1.70. The van der Waals surface area contributed by atoms with E-state index in [1.165, 1.54) is 6.29 Å². The Labute approximate surface area is 52.7 Å². The molecule has 1 aliphatic carbocycles. The number of carbonyl (C=O) groups excluding carboxylic acids is 2. The van der Waals surface area contributed by atoms with Gasteiger partial charge in [-0.15, -0.1) is 0 Å². The minimum atomic E-state index is -1.33. The average Bonchev–Trinajstić information content (AvgIpc) is 1.81. The predicted molar refractivity (Wildman–Crippen MR) is 29.5 cm³/mol. The van der Waals surface area contributed by atoms with Crippen LogP contribution in [0.3, 0.4) is 0 Å². The van der Waals surface area contributed by atoms with Crippen molar-refractivity contribution in [3.63, 3.8) is 0 Å². The zero-order valence-electron chi connectivity index (χ0n) is 4.89. The van der Waals surface area contributed by atoms with Gasteiger partial charge in [-0.3, -0.25) is 9.59 Å². The highest BCUT2D eigenvalue weighted by atomic mass is 16.3. The van der Waals surface area contributed by atoms with Crippen LogP contribution in [-0.4, -0.2) is 22.8 Å². The van der Waals surface area contributed by atoms with E-state index in [4.69, 9.17) is 5.11 Å². The van der Waals surface area contributed by atoms with Crippen LogP contribution in [0.25, 0.3) is 0 Å². The fourth-order valence-electron chi connectivity index (χ4n) is 0.834. The lowest BCUT2D eigenvalue weighted by Crippen LogP contribution is -2.45. The lowest BCUT2D eigenvalue weighted by atomic mass is 9.77. The Hall–Kier alpha value is -0.700. The Balaban J connectivity index is 2.58. The molecule has 0 aromatic rings. The van der Waals surface area contributed by atoms with E-state index in [1.54, 1.807) is 0 Å². The average molecular weight is 127 g/mol. The standard InChI is InChI=1S/C6H7O3/c7-4-5(8)6(9)2-1-3-6/h9H,1-3H2. The van der Waals surface area contributed by atoms with Crippen molar-refractivity contribution in [2.75, 3.05) is 0 Å². The summed E-state index contributed by atoms with van der Waals surface area (Å²) in [6, 6.07) is 0. The molecule has 1 radical (unpaired) electrons. The Kier molecular flexibility index (Phi) is 1.37. The lowest BCUT2D eigenvalue weighted by molar-refractivity contribution is -0.138. The van der Waals surface area contributed by atoms with E-state index < -0.39 is 11.4 Å². The molecule has 0 unspecified atom stereocenters. The quantitative estimate of drug-likeness (QED) is 0.512. The van der Waals surface area contributed by atoms with Gasteiger partial charge in [-0.1, -0.05) is 0 Å². The lowest BCUT2D eigenvalue weighted by Gasteiger charge is -2.32. The minimum Gasteiger partial charge on any atom is -0.382 e. The van der Waals surface area contributed by atoms with E-state index in [9.17, 15) is 9.59 Å². The van der Waals surface area contributed by atoms with Crippen molar-refractivity contribution in [2.45, 2.75) is 24.9 Å². The van der Waals surface area contributed by atoms with Crippen molar-refractivity contribution >= 4 is 12.1 Å². The van der Waals surface area contributed by atoms with Crippen molar-refractivity contribution < 1.29 is 14.7 Å². The minimum absolute atomic E-state index is 0.418. The first-order valence-corrected chi connectivity index (χ1v) is 2.84. The first kappa shape index (κ1) is 6.42. The van der Waals surface area contributed by atoms with Crippen molar-refractivity contribution in [3.05, 3.63) is 0 Å². The topological polar surface area (TPSA) is 54.4 Å². The molecule has 49 valence electrons. The summed E-state index contributed by atoms with van der Waals surface area (Å²) in [5.74, 6) is -0.797. The number of hydrogen-bond acceptors (Lipinski definition) is 3. The largest absolute Gasteiger partial charge is 0.382 e. The monoisotopic (exact) mass is 127 g/mol. The molecular formula is C6H7O3. The molecule has 9 heavy (non-hydrogen) atoms. The Morgan fingerprint density at radius 3 is 2.22 bits per heavy atom. The summed E-state index contributed by atoms with van der Waals surface area (Å²) in [5.41, 5.74) is -1.33. The second-order valence-electron chi connectivity index (χ2n) is 2.32. The second kappa shape index (κ2) is 1.92. The van der Waals surface area contributed by atoms with Crippen LogP contribution in [0, 0.1) is 0 Å². The molecule has 1 rings (SSSR count). The first-order valence-electron chi connectivity index (χ1n) is 2.84. The number of ketones is 1. The Morgan fingerprint density at radius 1 is 1.56 bits per heavy atom. The molecule has 1 fully saturated rings. The molecule has 0 bridgehead atoms. The molecule has 1 saturated carbocycles. The third kappa shape index (κ3) is 0.876. The van der Waals surface area contributed by atoms with Crippen LogP contribution in [0.2, 0.25) is 0 Å². The van der Waals surface area contributed by atoms with E-state index in [2.05, 4.69) is 0 Å². The van der Waals surface area contributed by atoms with Crippen LogP contribution in [0.5, 0.6) is 0 Å². The number of Topliss-reactive ketones (excluding diaryl/α,β-unsaturated/α-hetero) is 1. The van der Waals surface area contributed by atoms with E-state index in [1.807, 2.05) is 0 Å². The molecule has 0 spiro atoms. The van der Waals surface area contributed by atoms with Gasteiger partial charge in [0.1, 0.15) is 5.60 Å². The van der Waals surface area contributed by atoms with E-state index in [0.29, 0.717) is 12.8 Å². The Bertz CT molecular complexity index is 146. The summed E-state index contributed by atoms with van der Waals surface area (Å²) >= 11 is 0. The maximum Gasteiger partial charge on any atom is 0.275 e. The molecule has 3 heteroatoms. The summed E-state index contributed by atoms with van der Waals surface area (Å²) < 4.78 is 0. The van der Waals surface area contributed by atoms with Gasteiger partial charge in [-0.25, -0.2) is 0 Å². The van der Waals surface area contributed by atoms with Gasteiger partial charge in [-0.05, 0) is 19.3 Å². The summed E-state index contributed by atoms with van der Waals surface area (Å²) in [4.78, 5) is 20.2. The van der Waals surface area contributed by atoms with Crippen LogP contribution in [-0.2, 0) is 9.59 Å². The van der Waals surface area contributed by atoms with Crippen LogP contribution in [0.1, 0.15) is 19.3 Å². The van der Waals surface area contributed by atoms with Gasteiger partial charge in [0.05, 0.1) is 0 Å². The molecule has 0 atom stereocenters. The molecule has 0 heterocycles. The summed E-state index contributed by atoms with van der Waals surface area (Å²) in [5, 5.41) is 9.07. The molecule has 1 aliphatic rings. The summed E-state index contributed by atoms with van der Waals surface area (Å²) in [7, 11) is 0. The second-order valence-corrected chi connectivity index (χ2v) is 2.32.